The van der Waals surface area contributed by atoms with Crippen LogP contribution in [0.25, 0.3) is 0 Å². The van der Waals surface area contributed by atoms with Gasteiger partial charge < -0.3 is 29.4 Å². The van der Waals surface area contributed by atoms with Gasteiger partial charge in [-0.1, -0.05) is 20.8 Å². The molecule has 0 saturated heterocycles. The topological polar surface area (TPSA) is 89.2 Å². The van der Waals surface area contributed by atoms with Crippen molar-refractivity contribution in [2.75, 3.05) is 72.6 Å². The molecule has 0 saturated carbocycles. The van der Waals surface area contributed by atoms with Crippen LogP contribution in [0.1, 0.15) is 27.2 Å². The maximum Gasteiger partial charge on any atom is 0.140 e. The lowest BCUT2D eigenvalue weighted by atomic mass is 9.89. The molecule has 0 spiro atoms. The molecule has 144 valence electrons. The zero-order valence-corrected chi connectivity index (χ0v) is 15.5. The van der Waals surface area contributed by atoms with E-state index in [2.05, 4.69) is 0 Å². The number of ether oxygens (including phenoxy) is 5. The van der Waals surface area contributed by atoms with Crippen LogP contribution >= 0.6 is 0 Å². The fourth-order valence-corrected chi connectivity index (χ4v) is 1.60. The van der Waals surface area contributed by atoms with Crippen LogP contribution in [0, 0.1) is 5.41 Å². The fourth-order valence-electron chi connectivity index (χ4n) is 1.60. The third kappa shape index (κ3) is 16.3. The monoisotopic (exact) mass is 349 g/mol. The highest BCUT2D eigenvalue weighted by atomic mass is 16.6. The fraction of sp³-hybridized carbons (Fsp3) is 0.941. The van der Waals surface area contributed by atoms with E-state index in [1.807, 2.05) is 20.8 Å². The minimum atomic E-state index is -0.293. The van der Waals surface area contributed by atoms with Gasteiger partial charge in [-0.05, 0) is 0 Å². The Hall–Kier alpha value is -0.570. The molecule has 0 aromatic rings. The summed E-state index contributed by atoms with van der Waals surface area (Å²) < 4.78 is 26.6. The van der Waals surface area contributed by atoms with Gasteiger partial charge in [0, 0.05) is 18.4 Å². The van der Waals surface area contributed by atoms with Crippen molar-refractivity contribution in [2.45, 2.75) is 27.2 Å². The summed E-state index contributed by atoms with van der Waals surface area (Å²) in [6, 6.07) is 0. The van der Waals surface area contributed by atoms with E-state index in [4.69, 9.17) is 29.4 Å². The summed E-state index contributed by atoms with van der Waals surface area (Å²) >= 11 is 0. The van der Waals surface area contributed by atoms with E-state index in [1.165, 1.54) is 0 Å². The molecule has 7 heteroatoms. The number of carbonyl (C=O) groups is 1. The summed E-state index contributed by atoms with van der Waals surface area (Å²) in [7, 11) is 0. The van der Waals surface area contributed by atoms with Gasteiger partial charge in [-0.3, -0.25) is 4.79 Å². The maximum absolute atomic E-state index is 11.7. The van der Waals surface area contributed by atoms with Gasteiger partial charge in [0.2, 0.25) is 0 Å². The molecule has 0 unspecified atom stereocenters. The van der Waals surface area contributed by atoms with E-state index < -0.39 is 0 Å². The average Bonchev–Trinajstić information content (AvgIpc) is 2.53. The molecule has 0 fully saturated rings. The van der Waals surface area contributed by atoms with Crippen molar-refractivity contribution < 1.29 is 28.5 Å². The highest BCUT2D eigenvalue weighted by molar-refractivity contribution is 5.83. The lowest BCUT2D eigenvalue weighted by Crippen LogP contribution is -2.22. The standard InChI is InChI=1S/C17H35NO6/c1-17(2,3)16(19)4-6-20-8-10-22-12-14-24-15-13-23-11-9-21-7-5-18/h4-15,18H2,1-3H3. The van der Waals surface area contributed by atoms with E-state index in [0.717, 1.165) is 0 Å². The molecule has 0 aromatic carbocycles. The van der Waals surface area contributed by atoms with Gasteiger partial charge in [0.1, 0.15) is 5.78 Å². The number of rotatable bonds is 17. The maximum atomic E-state index is 11.7. The molecule has 2 N–H and O–H groups in total. The van der Waals surface area contributed by atoms with Crippen molar-refractivity contribution in [1.29, 1.82) is 0 Å². The molecule has 0 aromatic heterocycles. The van der Waals surface area contributed by atoms with Crippen LogP contribution in [0.4, 0.5) is 0 Å². The molecule has 0 aliphatic rings. The first-order valence-electron chi connectivity index (χ1n) is 8.60. The number of carbonyl (C=O) groups excluding carboxylic acids is 1. The van der Waals surface area contributed by atoms with Crippen molar-refractivity contribution in [2.24, 2.45) is 11.1 Å². The number of hydrogen-bond donors (Lipinski definition) is 1. The summed E-state index contributed by atoms with van der Waals surface area (Å²) in [6.07, 6.45) is 0.448. The normalized spacial score (nSPS) is 11.8. The summed E-state index contributed by atoms with van der Waals surface area (Å²) in [5.41, 5.74) is 5.00. The first kappa shape index (κ1) is 23.4. The number of hydrogen-bond acceptors (Lipinski definition) is 7. The van der Waals surface area contributed by atoms with Crippen LogP contribution < -0.4 is 5.73 Å². The predicted octanol–water partition coefficient (Wildman–Crippen LogP) is 1.03. The average molecular weight is 349 g/mol. The summed E-state index contributed by atoms with van der Waals surface area (Å²) in [5.74, 6) is 0.213. The Morgan fingerprint density at radius 1 is 0.667 bits per heavy atom. The lowest BCUT2D eigenvalue weighted by Gasteiger charge is -2.16. The van der Waals surface area contributed by atoms with Gasteiger partial charge in [0.05, 0.1) is 66.1 Å². The second-order valence-electron chi connectivity index (χ2n) is 6.27. The van der Waals surface area contributed by atoms with Gasteiger partial charge in [-0.15, -0.1) is 0 Å². The minimum Gasteiger partial charge on any atom is -0.379 e. The Morgan fingerprint density at radius 2 is 1.00 bits per heavy atom. The zero-order chi connectivity index (χ0) is 18.1. The van der Waals surface area contributed by atoms with Crippen molar-refractivity contribution in [1.82, 2.24) is 0 Å². The van der Waals surface area contributed by atoms with Gasteiger partial charge in [0.15, 0.2) is 0 Å². The van der Waals surface area contributed by atoms with Crippen molar-refractivity contribution >= 4 is 5.78 Å². The zero-order valence-electron chi connectivity index (χ0n) is 15.5. The molecule has 0 aliphatic carbocycles. The molecule has 0 atom stereocenters. The third-order valence-electron chi connectivity index (χ3n) is 3.06. The van der Waals surface area contributed by atoms with Crippen molar-refractivity contribution in [3.8, 4) is 0 Å². The van der Waals surface area contributed by atoms with Gasteiger partial charge in [-0.25, -0.2) is 0 Å². The van der Waals surface area contributed by atoms with E-state index in [1.54, 1.807) is 0 Å². The van der Waals surface area contributed by atoms with Crippen LogP contribution in [-0.2, 0) is 28.5 Å². The van der Waals surface area contributed by atoms with Crippen molar-refractivity contribution in [3.05, 3.63) is 0 Å². The van der Waals surface area contributed by atoms with Gasteiger partial charge in [0.25, 0.3) is 0 Å². The third-order valence-corrected chi connectivity index (χ3v) is 3.06. The molecule has 24 heavy (non-hydrogen) atoms. The molecule has 0 radical (unpaired) electrons. The molecular formula is C17H35NO6. The first-order valence-corrected chi connectivity index (χ1v) is 8.60. The Bertz CT molecular complexity index is 293. The number of Topliss-reactive ketones (excluding diaryl/α,β-unsaturated/α-hetero) is 1. The Kier molecular flexibility index (Phi) is 15.6. The predicted molar refractivity (Wildman–Crippen MR) is 92.2 cm³/mol. The van der Waals surface area contributed by atoms with Crippen molar-refractivity contribution in [3.63, 3.8) is 0 Å². The molecule has 7 nitrogen and oxygen atoms in total. The van der Waals surface area contributed by atoms with E-state index in [9.17, 15) is 4.79 Å². The van der Waals surface area contributed by atoms with Gasteiger partial charge >= 0.3 is 0 Å². The largest absolute Gasteiger partial charge is 0.379 e. The molecule has 0 amide bonds. The molecule has 0 aliphatic heterocycles. The van der Waals surface area contributed by atoms with E-state index >= 15 is 0 Å². The Morgan fingerprint density at radius 3 is 1.33 bits per heavy atom. The van der Waals surface area contributed by atoms with Gasteiger partial charge in [-0.2, -0.15) is 0 Å². The number of nitrogens with two attached hydrogens (primary N) is 1. The minimum absolute atomic E-state index is 0.213. The highest BCUT2D eigenvalue weighted by Crippen LogP contribution is 2.16. The summed E-state index contributed by atoms with van der Waals surface area (Å²) in [4.78, 5) is 11.7. The second kappa shape index (κ2) is 15.9. The SMILES string of the molecule is CC(C)(C)C(=O)CCOCCOCCOCCOCCOCCN. The number of ketones is 1. The molecule has 0 bridgehead atoms. The summed E-state index contributed by atoms with van der Waals surface area (Å²) in [5, 5.41) is 0. The van der Waals surface area contributed by atoms with E-state index in [-0.39, 0.29) is 11.2 Å². The first-order chi connectivity index (χ1) is 11.5. The molecule has 0 rings (SSSR count). The Labute approximate surface area is 146 Å². The molecular weight excluding hydrogens is 314 g/mol. The second-order valence-corrected chi connectivity index (χ2v) is 6.27. The Balaban J connectivity index is 3.12. The lowest BCUT2D eigenvalue weighted by molar-refractivity contribution is -0.127. The van der Waals surface area contributed by atoms with Crippen LogP contribution in [0.2, 0.25) is 0 Å². The van der Waals surface area contributed by atoms with Crippen LogP contribution in [-0.4, -0.2) is 78.4 Å². The van der Waals surface area contributed by atoms with Crippen LogP contribution in [0.3, 0.4) is 0 Å². The van der Waals surface area contributed by atoms with Crippen LogP contribution in [0.15, 0.2) is 0 Å². The van der Waals surface area contributed by atoms with E-state index in [0.29, 0.717) is 79.0 Å². The quantitative estimate of drug-likeness (QED) is 0.392. The smallest absolute Gasteiger partial charge is 0.140 e. The highest BCUT2D eigenvalue weighted by Gasteiger charge is 2.20. The van der Waals surface area contributed by atoms with Crippen LogP contribution in [0.5, 0.6) is 0 Å². The summed E-state index contributed by atoms with van der Waals surface area (Å²) in [6.45, 7) is 11.5. The molecule has 0 heterocycles.